The molecule has 0 aromatic heterocycles. The second-order valence-electron chi connectivity index (χ2n) is 8.07. The minimum atomic E-state index is -0.590. The minimum Gasteiger partial charge on any atom is -0.477 e. The summed E-state index contributed by atoms with van der Waals surface area (Å²) >= 11 is 6.02. The van der Waals surface area contributed by atoms with Crippen LogP contribution in [0.2, 0.25) is 5.02 Å². The maximum atomic E-state index is 13.0. The van der Waals surface area contributed by atoms with Crippen LogP contribution in [0.25, 0.3) is 0 Å². The molecule has 2 heterocycles. The molecule has 2 aromatic carbocycles. The number of rotatable bonds is 6. The topological polar surface area (TPSA) is 61.9 Å². The lowest BCUT2D eigenvalue weighted by Crippen LogP contribution is -2.53. The quantitative estimate of drug-likeness (QED) is 0.747. The molecule has 6 nitrogen and oxygen atoms in total. The van der Waals surface area contributed by atoms with Gasteiger partial charge in [-0.3, -0.25) is 9.59 Å². The Kier molecular flexibility index (Phi) is 6.97. The smallest absolute Gasteiger partial charge is 0.265 e. The highest BCUT2D eigenvalue weighted by atomic mass is 35.5. The molecule has 0 aliphatic carbocycles. The van der Waals surface area contributed by atoms with Gasteiger partial charge in [-0.2, -0.15) is 0 Å². The van der Waals surface area contributed by atoms with Gasteiger partial charge in [-0.1, -0.05) is 35.9 Å². The van der Waals surface area contributed by atoms with Crippen LogP contribution in [0.4, 0.5) is 5.69 Å². The van der Waals surface area contributed by atoms with E-state index in [1.807, 2.05) is 58.3 Å². The van der Waals surface area contributed by atoms with Gasteiger partial charge in [0, 0.05) is 24.7 Å². The van der Waals surface area contributed by atoms with Crippen molar-refractivity contribution in [2.24, 2.45) is 0 Å². The average Bonchev–Trinajstić information content (AvgIpc) is 2.79. The fourth-order valence-electron chi connectivity index (χ4n) is 4.17. The number of nitrogens with one attached hydrogen (secondary N) is 1. The zero-order valence-electron chi connectivity index (χ0n) is 17.6. The van der Waals surface area contributed by atoms with Crippen molar-refractivity contribution in [3.63, 3.8) is 0 Å². The van der Waals surface area contributed by atoms with Crippen LogP contribution in [0, 0.1) is 0 Å². The van der Waals surface area contributed by atoms with Gasteiger partial charge in [-0.25, -0.2) is 0 Å². The van der Waals surface area contributed by atoms with Gasteiger partial charge in [0.1, 0.15) is 5.75 Å². The third kappa shape index (κ3) is 5.50. The summed E-state index contributed by atoms with van der Waals surface area (Å²) in [5, 5.41) is 3.67. The lowest BCUT2D eigenvalue weighted by molar-refractivity contribution is -0.139. The second-order valence-corrected chi connectivity index (χ2v) is 8.51. The molecule has 2 aliphatic heterocycles. The lowest BCUT2D eigenvalue weighted by Gasteiger charge is -2.38. The van der Waals surface area contributed by atoms with Crippen LogP contribution in [0.3, 0.4) is 0 Å². The molecule has 1 N–H and O–H groups in total. The van der Waals surface area contributed by atoms with Crippen LogP contribution in [-0.2, 0) is 16.0 Å². The Hall–Kier alpha value is -2.73. The summed E-state index contributed by atoms with van der Waals surface area (Å²) in [5.74, 6) is 0.583. The van der Waals surface area contributed by atoms with Crippen LogP contribution in [0.5, 0.6) is 5.75 Å². The largest absolute Gasteiger partial charge is 0.477 e. The van der Waals surface area contributed by atoms with Crippen molar-refractivity contribution in [1.82, 2.24) is 10.2 Å². The molecular weight excluding hydrogens is 414 g/mol. The number of anilines is 1. The normalized spacial score (nSPS) is 18.2. The third-order valence-electron chi connectivity index (χ3n) is 5.76. The highest BCUT2D eigenvalue weighted by Crippen LogP contribution is 2.33. The molecule has 2 amide bonds. The molecular formula is C24H28ClN3O3. The molecule has 2 aromatic rings. The van der Waals surface area contributed by atoms with Gasteiger partial charge in [0.15, 0.2) is 6.10 Å². The lowest BCUT2D eigenvalue weighted by atomic mass is 10.1. The van der Waals surface area contributed by atoms with E-state index in [1.165, 1.54) is 6.42 Å². The van der Waals surface area contributed by atoms with E-state index in [-0.39, 0.29) is 18.4 Å². The molecule has 0 radical (unpaired) electrons. The van der Waals surface area contributed by atoms with Gasteiger partial charge in [-0.05, 0) is 55.5 Å². The number of carbonyl (C=O) groups is 2. The summed E-state index contributed by atoms with van der Waals surface area (Å²) in [7, 11) is 0. The predicted octanol–water partition coefficient (Wildman–Crippen LogP) is 3.28. The molecule has 7 heteroatoms. The number of hydrogen-bond donors (Lipinski definition) is 1. The Morgan fingerprint density at radius 3 is 2.68 bits per heavy atom. The molecule has 0 bridgehead atoms. The van der Waals surface area contributed by atoms with E-state index in [9.17, 15) is 9.59 Å². The standard InChI is InChI=1S/C24H28ClN3O3/c25-19-8-6-7-18(15-19)11-12-26-23(29)17-28-16-22(24(30)27-13-4-1-5-14-27)31-21-10-3-2-9-20(21)28/h2-3,6-10,15,22H,1,4-5,11-14,16-17H2,(H,26,29)/t22-/m0/s1. The van der Waals surface area contributed by atoms with Crippen LogP contribution >= 0.6 is 11.6 Å². The number of halogens is 1. The van der Waals surface area contributed by atoms with Crippen molar-refractivity contribution in [2.45, 2.75) is 31.8 Å². The first kappa shape index (κ1) is 21.5. The monoisotopic (exact) mass is 441 g/mol. The van der Waals surface area contributed by atoms with Crippen molar-refractivity contribution in [1.29, 1.82) is 0 Å². The Balaban J connectivity index is 1.37. The number of hydrogen-bond acceptors (Lipinski definition) is 4. The van der Waals surface area contributed by atoms with E-state index in [0.717, 1.165) is 37.2 Å². The number of likely N-dealkylation sites (tertiary alicyclic amines) is 1. The van der Waals surface area contributed by atoms with Crippen molar-refractivity contribution >= 4 is 29.1 Å². The molecule has 1 fully saturated rings. The van der Waals surface area contributed by atoms with E-state index in [0.29, 0.717) is 30.3 Å². The zero-order chi connectivity index (χ0) is 21.6. The van der Waals surface area contributed by atoms with Crippen molar-refractivity contribution in [3.8, 4) is 5.75 Å². The summed E-state index contributed by atoms with van der Waals surface area (Å²) in [6.45, 7) is 2.64. The SMILES string of the molecule is O=C(CN1C[C@@H](C(=O)N2CCCCC2)Oc2ccccc21)NCCc1cccc(Cl)c1. The number of benzene rings is 2. The van der Waals surface area contributed by atoms with Gasteiger partial charge < -0.3 is 19.9 Å². The Morgan fingerprint density at radius 1 is 1.06 bits per heavy atom. The number of ether oxygens (including phenoxy) is 1. The average molecular weight is 442 g/mol. The van der Waals surface area contributed by atoms with Crippen LogP contribution in [-0.4, -0.2) is 55.5 Å². The summed E-state index contributed by atoms with van der Waals surface area (Å²) in [5.41, 5.74) is 1.92. The highest BCUT2D eigenvalue weighted by molar-refractivity contribution is 6.30. The summed E-state index contributed by atoms with van der Waals surface area (Å²) < 4.78 is 6.03. The number of piperidine rings is 1. The molecule has 31 heavy (non-hydrogen) atoms. The van der Waals surface area contributed by atoms with Gasteiger partial charge in [0.25, 0.3) is 5.91 Å². The van der Waals surface area contributed by atoms with Crippen LogP contribution in [0.1, 0.15) is 24.8 Å². The zero-order valence-corrected chi connectivity index (χ0v) is 18.3. The maximum Gasteiger partial charge on any atom is 0.265 e. The number of fused-ring (bicyclic) bond motifs is 1. The fourth-order valence-corrected chi connectivity index (χ4v) is 4.38. The van der Waals surface area contributed by atoms with E-state index in [4.69, 9.17) is 16.3 Å². The predicted molar refractivity (Wildman–Crippen MR) is 122 cm³/mol. The Labute approximate surface area is 188 Å². The van der Waals surface area contributed by atoms with E-state index in [2.05, 4.69) is 5.32 Å². The van der Waals surface area contributed by atoms with Crippen LogP contribution in [0.15, 0.2) is 48.5 Å². The highest BCUT2D eigenvalue weighted by Gasteiger charge is 2.34. The third-order valence-corrected chi connectivity index (χ3v) is 6.00. The van der Waals surface area contributed by atoms with Gasteiger partial charge in [-0.15, -0.1) is 0 Å². The molecule has 2 aliphatic rings. The number of para-hydroxylation sites is 2. The number of carbonyl (C=O) groups excluding carboxylic acids is 2. The van der Waals surface area contributed by atoms with Crippen molar-refractivity contribution in [3.05, 3.63) is 59.1 Å². The summed E-state index contributed by atoms with van der Waals surface area (Å²) in [6, 6.07) is 15.2. The summed E-state index contributed by atoms with van der Waals surface area (Å²) in [6.07, 6.45) is 3.36. The van der Waals surface area contributed by atoms with E-state index in [1.54, 1.807) is 0 Å². The molecule has 0 spiro atoms. The molecule has 1 saturated heterocycles. The molecule has 164 valence electrons. The molecule has 1 atom stereocenters. The molecule has 0 saturated carbocycles. The summed E-state index contributed by atoms with van der Waals surface area (Å²) in [4.78, 5) is 29.5. The van der Waals surface area contributed by atoms with E-state index < -0.39 is 6.10 Å². The first-order valence-corrected chi connectivity index (χ1v) is 11.3. The second kappa shape index (κ2) is 10.1. The Morgan fingerprint density at radius 2 is 1.87 bits per heavy atom. The van der Waals surface area contributed by atoms with Gasteiger partial charge in [0.2, 0.25) is 5.91 Å². The maximum absolute atomic E-state index is 13.0. The van der Waals surface area contributed by atoms with Gasteiger partial charge >= 0.3 is 0 Å². The number of nitrogens with zero attached hydrogens (tertiary/aromatic N) is 2. The first-order valence-electron chi connectivity index (χ1n) is 10.9. The fraction of sp³-hybridized carbons (Fsp3) is 0.417. The van der Waals surface area contributed by atoms with Crippen molar-refractivity contribution in [2.75, 3.05) is 37.6 Å². The molecule has 4 rings (SSSR count). The minimum absolute atomic E-state index is 0.0144. The van der Waals surface area contributed by atoms with Gasteiger partial charge in [0.05, 0.1) is 18.8 Å². The van der Waals surface area contributed by atoms with E-state index >= 15 is 0 Å². The Bertz CT molecular complexity index is 930. The van der Waals surface area contributed by atoms with Crippen LogP contribution < -0.4 is 15.0 Å². The first-order chi connectivity index (χ1) is 15.1. The van der Waals surface area contributed by atoms with Crippen molar-refractivity contribution < 1.29 is 14.3 Å². The molecule has 0 unspecified atom stereocenters. The number of amides is 2.